The molecule has 13 aromatic carbocycles. The zero-order chi connectivity index (χ0) is 62.1. The van der Waals surface area contributed by atoms with E-state index in [1.807, 2.05) is 12.4 Å². The summed E-state index contributed by atoms with van der Waals surface area (Å²) in [7, 11) is 0. The van der Waals surface area contributed by atoms with Crippen LogP contribution in [0.15, 0.2) is 352 Å². The Hall–Kier alpha value is -12.6. The van der Waals surface area contributed by atoms with E-state index in [1.54, 1.807) is 0 Å². The van der Waals surface area contributed by atoms with Gasteiger partial charge in [-0.05, 0) is 154 Å². The first-order valence-electron chi connectivity index (χ1n) is 32.0. The van der Waals surface area contributed by atoms with Crippen LogP contribution in [-0.2, 0) is 0 Å². The van der Waals surface area contributed by atoms with E-state index in [0.29, 0.717) is 0 Å². The fourth-order valence-corrected chi connectivity index (χ4v) is 14.3. The van der Waals surface area contributed by atoms with Gasteiger partial charge in [0.15, 0.2) is 0 Å². The van der Waals surface area contributed by atoms with Crippen molar-refractivity contribution in [1.29, 1.82) is 0 Å². The largest absolute Gasteiger partial charge is 0.309 e. The van der Waals surface area contributed by atoms with Crippen molar-refractivity contribution in [2.75, 3.05) is 0 Å². The molecular formula is C88H58N6. The number of rotatable bonds is 9. The molecule has 6 heterocycles. The number of fused-ring (bicyclic) bond motifs is 12. The van der Waals surface area contributed by atoms with Crippen LogP contribution in [-0.4, -0.2) is 28.2 Å². The lowest BCUT2D eigenvalue weighted by molar-refractivity contribution is 1.14. The highest BCUT2D eigenvalue weighted by atomic mass is 15.1. The average Bonchev–Trinajstić information content (AvgIpc) is 1.61. The first-order valence-corrected chi connectivity index (χ1v) is 32.0. The summed E-state index contributed by atoms with van der Waals surface area (Å²) in [6, 6.07) is 121. The van der Waals surface area contributed by atoms with Gasteiger partial charge in [-0.15, -0.1) is 0 Å². The van der Waals surface area contributed by atoms with Crippen molar-refractivity contribution in [3.8, 4) is 78.4 Å². The van der Waals surface area contributed by atoms with Crippen molar-refractivity contribution in [1.82, 2.24) is 28.2 Å². The molecule has 0 N–H and O–H groups in total. The van der Waals surface area contributed by atoms with E-state index in [9.17, 15) is 0 Å². The molecule has 0 spiro atoms. The Bertz CT molecular complexity index is 6080. The minimum absolute atomic E-state index is 0.955. The molecule has 0 saturated carbocycles. The molecule has 6 nitrogen and oxygen atoms in total. The quantitative estimate of drug-likeness (QED) is 0.145. The van der Waals surface area contributed by atoms with Gasteiger partial charge in [-0.25, -0.2) is 9.97 Å². The van der Waals surface area contributed by atoms with E-state index in [1.165, 1.54) is 93.5 Å². The number of benzene rings is 13. The van der Waals surface area contributed by atoms with E-state index >= 15 is 0 Å². The van der Waals surface area contributed by atoms with E-state index in [4.69, 9.17) is 9.97 Å². The topological polar surface area (TPSA) is 45.5 Å². The Labute approximate surface area is 543 Å². The molecule has 19 rings (SSSR count). The summed E-state index contributed by atoms with van der Waals surface area (Å²) >= 11 is 0. The van der Waals surface area contributed by atoms with Gasteiger partial charge in [-0.1, -0.05) is 231 Å². The van der Waals surface area contributed by atoms with Gasteiger partial charge >= 0.3 is 0 Å². The van der Waals surface area contributed by atoms with Gasteiger partial charge in [-0.2, -0.15) is 0 Å². The Kier molecular flexibility index (Phi) is 13.1. The highest BCUT2D eigenvalue weighted by molar-refractivity contribution is 6.14. The molecule has 0 unspecified atom stereocenters. The van der Waals surface area contributed by atoms with Crippen molar-refractivity contribution in [3.63, 3.8) is 0 Å². The summed E-state index contributed by atoms with van der Waals surface area (Å²) < 4.78 is 9.31. The molecule has 0 radical (unpaired) electrons. The van der Waals surface area contributed by atoms with E-state index in [0.717, 1.165) is 72.4 Å². The van der Waals surface area contributed by atoms with Gasteiger partial charge in [0.05, 0.1) is 33.1 Å². The van der Waals surface area contributed by atoms with Crippen molar-refractivity contribution >= 4 is 87.5 Å². The van der Waals surface area contributed by atoms with Gasteiger partial charge in [-0.3, -0.25) is 9.13 Å². The van der Waals surface area contributed by atoms with Crippen LogP contribution in [0, 0.1) is 0 Å². The molecule has 6 heteroatoms. The Balaban J connectivity index is 0.000000139. The first kappa shape index (κ1) is 54.3. The molecule has 6 aromatic heterocycles. The maximum atomic E-state index is 5.16. The number of hydrogen-bond donors (Lipinski definition) is 0. The highest BCUT2D eigenvalue weighted by Gasteiger charge is 2.20. The zero-order valence-corrected chi connectivity index (χ0v) is 51.2. The summed E-state index contributed by atoms with van der Waals surface area (Å²) in [5, 5.41) is 9.63. The predicted octanol–water partition coefficient (Wildman–Crippen LogP) is 22.9. The molecule has 0 aliphatic rings. The summed E-state index contributed by atoms with van der Waals surface area (Å²) in [5.74, 6) is 0. The van der Waals surface area contributed by atoms with Crippen LogP contribution in [0.3, 0.4) is 0 Å². The third-order valence-electron chi connectivity index (χ3n) is 18.7. The molecule has 0 amide bonds. The van der Waals surface area contributed by atoms with Crippen molar-refractivity contribution in [2.24, 2.45) is 0 Å². The fourth-order valence-electron chi connectivity index (χ4n) is 14.3. The molecule has 440 valence electrons. The minimum atomic E-state index is 0.955. The molecular weight excluding hydrogens is 1140 g/mol. The maximum Gasteiger partial charge on any atom is 0.145 e. The second-order valence-electron chi connectivity index (χ2n) is 24.1. The maximum absolute atomic E-state index is 5.16. The number of nitrogens with zero attached hydrogens (tertiary/aromatic N) is 6. The second kappa shape index (κ2) is 22.7. The van der Waals surface area contributed by atoms with Crippen LogP contribution in [0.25, 0.3) is 166 Å². The van der Waals surface area contributed by atoms with Gasteiger partial charge in [0.2, 0.25) is 0 Å². The zero-order valence-electron chi connectivity index (χ0n) is 51.2. The fraction of sp³-hybridized carbons (Fsp3) is 0. The van der Waals surface area contributed by atoms with Crippen LogP contribution in [0.5, 0.6) is 0 Å². The van der Waals surface area contributed by atoms with Crippen LogP contribution < -0.4 is 0 Å². The first-order chi connectivity index (χ1) is 46.6. The van der Waals surface area contributed by atoms with Crippen LogP contribution >= 0.6 is 0 Å². The van der Waals surface area contributed by atoms with E-state index < -0.39 is 0 Å². The minimum Gasteiger partial charge on any atom is -0.309 e. The summed E-state index contributed by atoms with van der Waals surface area (Å²) in [6.07, 6.45) is 4.05. The lowest BCUT2D eigenvalue weighted by Crippen LogP contribution is -1.96. The van der Waals surface area contributed by atoms with Crippen LogP contribution in [0.4, 0.5) is 0 Å². The number of aromatic nitrogens is 6. The van der Waals surface area contributed by atoms with Crippen molar-refractivity contribution in [2.45, 2.75) is 0 Å². The monoisotopic (exact) mass is 1200 g/mol. The smallest absolute Gasteiger partial charge is 0.145 e. The van der Waals surface area contributed by atoms with Gasteiger partial charge < -0.3 is 9.13 Å². The summed E-state index contributed by atoms with van der Waals surface area (Å²) in [6.45, 7) is 0. The molecule has 0 bridgehead atoms. The second-order valence-corrected chi connectivity index (χ2v) is 24.1. The third-order valence-corrected chi connectivity index (χ3v) is 18.7. The lowest BCUT2D eigenvalue weighted by Gasteiger charge is -2.10. The van der Waals surface area contributed by atoms with Gasteiger partial charge in [0.1, 0.15) is 11.3 Å². The van der Waals surface area contributed by atoms with Gasteiger partial charge in [0.25, 0.3) is 0 Å². The Morgan fingerprint density at radius 1 is 0.160 bits per heavy atom. The van der Waals surface area contributed by atoms with E-state index in [-0.39, 0.29) is 0 Å². The molecule has 19 aromatic rings. The molecule has 0 aliphatic carbocycles. The standard InChI is InChI=1S/C47H31N3.C41H27N3/c1-3-12-32(13-4-1)34-22-25-38(26-23-34)49-44-20-9-7-18-40(44)42-29-36(24-27-46(42)49)37-30-43-41-19-8-10-21-45(41)50(47(43)48-31-37)39-17-11-16-35(28-39)33-14-5-2-6-15-33;1-3-12-28(13-4-1)29-14-11-17-33(24-29)44-39-21-10-8-19-35(39)37-26-31(27-42-41(37)44)30-22-23-40-36(25-30)34-18-7-9-20-38(34)43(40)32-15-5-2-6-16-32/h1-31H;1-27H. The average molecular weight is 1200 g/mol. The normalized spacial score (nSPS) is 11.6. The van der Waals surface area contributed by atoms with Gasteiger partial charge in [0, 0.05) is 89.4 Å². The molecule has 0 atom stereocenters. The Morgan fingerprint density at radius 3 is 0.862 bits per heavy atom. The van der Waals surface area contributed by atoms with E-state index in [2.05, 4.69) is 358 Å². The lowest BCUT2D eigenvalue weighted by atomic mass is 10.0. The number of hydrogen-bond acceptors (Lipinski definition) is 2. The van der Waals surface area contributed by atoms with Crippen LogP contribution in [0.2, 0.25) is 0 Å². The molecule has 0 fully saturated rings. The Morgan fingerprint density at radius 2 is 0.436 bits per heavy atom. The molecule has 94 heavy (non-hydrogen) atoms. The van der Waals surface area contributed by atoms with Crippen molar-refractivity contribution < 1.29 is 0 Å². The van der Waals surface area contributed by atoms with Crippen molar-refractivity contribution in [3.05, 3.63) is 352 Å². The SMILES string of the molecule is c1ccc(-c2ccc(-n3c4ccccc4c4cc(-c5cnc6c(c5)c5ccccc5n6-c5cccc(-c6ccccc6)c5)ccc43)cc2)cc1.c1ccc(-c2cccc(-n3c4ccccc4c4cc(-c5ccc6c(c5)c5ccccc5n6-c5ccccc5)cnc43)c2)cc1. The molecule has 0 saturated heterocycles. The summed E-state index contributed by atoms with van der Waals surface area (Å²) in [5.41, 5.74) is 25.3. The predicted molar refractivity (Wildman–Crippen MR) is 393 cm³/mol. The van der Waals surface area contributed by atoms with Crippen LogP contribution in [0.1, 0.15) is 0 Å². The number of para-hydroxylation sites is 5. The third kappa shape index (κ3) is 9.26. The number of pyridine rings is 2. The molecule has 0 aliphatic heterocycles. The summed E-state index contributed by atoms with van der Waals surface area (Å²) in [4.78, 5) is 10.3. The highest BCUT2D eigenvalue weighted by Crippen LogP contribution is 2.41.